The summed E-state index contributed by atoms with van der Waals surface area (Å²) in [6.45, 7) is 0.545. The molecule has 1 aromatic heterocycles. The van der Waals surface area contributed by atoms with Crippen LogP contribution in [0.25, 0.3) is 0 Å². The molecule has 0 bridgehead atoms. The second kappa shape index (κ2) is 7.81. The highest BCUT2D eigenvalue weighted by molar-refractivity contribution is 5.35. The number of aliphatic hydroxyl groups is 1. The molecular formula is C19H27N3O2. The Kier molecular flexibility index (Phi) is 5.53. The van der Waals surface area contributed by atoms with Crippen LogP contribution in [0.1, 0.15) is 49.0 Å². The van der Waals surface area contributed by atoms with Gasteiger partial charge in [0.1, 0.15) is 5.75 Å². The molecule has 1 fully saturated rings. The second-order valence-corrected chi connectivity index (χ2v) is 6.61. The number of para-hydroxylation sites is 1. The third-order valence-electron chi connectivity index (χ3n) is 5.05. The molecule has 3 rings (SSSR count). The first kappa shape index (κ1) is 17.0. The minimum absolute atomic E-state index is 0.433. The number of nitrogens with zero attached hydrogens (tertiary/aromatic N) is 2. The minimum atomic E-state index is -0.557. The lowest BCUT2D eigenvalue weighted by Gasteiger charge is -2.30. The van der Waals surface area contributed by atoms with Gasteiger partial charge in [-0.2, -0.15) is 5.10 Å². The quantitative estimate of drug-likeness (QED) is 0.855. The van der Waals surface area contributed by atoms with Crippen LogP contribution in [0.15, 0.2) is 36.5 Å². The molecule has 5 nitrogen and oxygen atoms in total. The SMILES string of the molecule is COc1ccccc1C(O)CNC1CCCC(c2ccnn2C)C1. The van der Waals surface area contributed by atoms with E-state index in [1.165, 1.54) is 18.5 Å². The van der Waals surface area contributed by atoms with Crippen molar-refractivity contribution in [2.45, 2.75) is 43.7 Å². The van der Waals surface area contributed by atoms with Crippen molar-refractivity contribution in [2.75, 3.05) is 13.7 Å². The van der Waals surface area contributed by atoms with Crippen molar-refractivity contribution < 1.29 is 9.84 Å². The van der Waals surface area contributed by atoms with Gasteiger partial charge in [0.25, 0.3) is 0 Å². The Labute approximate surface area is 143 Å². The van der Waals surface area contributed by atoms with Crippen molar-refractivity contribution >= 4 is 0 Å². The zero-order chi connectivity index (χ0) is 16.9. The van der Waals surface area contributed by atoms with Gasteiger partial charge in [0, 0.05) is 43.0 Å². The first-order chi connectivity index (χ1) is 11.7. The van der Waals surface area contributed by atoms with E-state index < -0.39 is 6.10 Å². The van der Waals surface area contributed by atoms with E-state index in [2.05, 4.69) is 16.5 Å². The summed E-state index contributed by atoms with van der Waals surface area (Å²) in [4.78, 5) is 0. The van der Waals surface area contributed by atoms with E-state index in [4.69, 9.17) is 4.74 Å². The molecule has 1 aliphatic carbocycles. The van der Waals surface area contributed by atoms with Crippen molar-refractivity contribution in [3.8, 4) is 5.75 Å². The average molecular weight is 329 g/mol. The van der Waals surface area contributed by atoms with Crippen LogP contribution in [-0.4, -0.2) is 34.6 Å². The fraction of sp³-hybridized carbons (Fsp3) is 0.526. The zero-order valence-corrected chi connectivity index (χ0v) is 14.5. The lowest BCUT2D eigenvalue weighted by Crippen LogP contribution is -2.36. The first-order valence-electron chi connectivity index (χ1n) is 8.71. The van der Waals surface area contributed by atoms with Crippen LogP contribution < -0.4 is 10.1 Å². The maximum absolute atomic E-state index is 10.5. The summed E-state index contributed by atoms with van der Waals surface area (Å²) in [6.07, 6.45) is 5.99. The highest BCUT2D eigenvalue weighted by Crippen LogP contribution is 2.33. The summed E-state index contributed by atoms with van der Waals surface area (Å²) < 4.78 is 7.32. The van der Waals surface area contributed by atoms with Crippen LogP contribution in [0.2, 0.25) is 0 Å². The lowest BCUT2D eigenvalue weighted by molar-refractivity contribution is 0.160. The van der Waals surface area contributed by atoms with Gasteiger partial charge in [-0.15, -0.1) is 0 Å². The third kappa shape index (κ3) is 3.79. The highest BCUT2D eigenvalue weighted by Gasteiger charge is 2.25. The van der Waals surface area contributed by atoms with Crippen LogP contribution in [0.5, 0.6) is 5.75 Å². The van der Waals surface area contributed by atoms with Crippen molar-refractivity contribution in [1.29, 1.82) is 0 Å². The Morgan fingerprint density at radius 3 is 2.92 bits per heavy atom. The van der Waals surface area contributed by atoms with Crippen LogP contribution in [0.4, 0.5) is 0 Å². The summed E-state index contributed by atoms with van der Waals surface area (Å²) in [7, 11) is 3.65. The number of rotatable bonds is 6. The van der Waals surface area contributed by atoms with E-state index in [0.717, 1.165) is 24.2 Å². The van der Waals surface area contributed by atoms with Gasteiger partial charge in [0.2, 0.25) is 0 Å². The number of benzene rings is 1. The Morgan fingerprint density at radius 1 is 1.33 bits per heavy atom. The van der Waals surface area contributed by atoms with E-state index in [1.807, 2.05) is 42.2 Å². The molecule has 130 valence electrons. The fourth-order valence-electron chi connectivity index (χ4n) is 3.76. The zero-order valence-electron chi connectivity index (χ0n) is 14.5. The van der Waals surface area contributed by atoms with E-state index >= 15 is 0 Å². The summed E-state index contributed by atoms with van der Waals surface area (Å²) in [5.41, 5.74) is 2.15. The topological polar surface area (TPSA) is 59.3 Å². The van der Waals surface area contributed by atoms with Crippen molar-refractivity contribution in [2.24, 2.45) is 7.05 Å². The largest absolute Gasteiger partial charge is 0.496 e. The van der Waals surface area contributed by atoms with Crippen LogP contribution in [0, 0.1) is 0 Å². The van der Waals surface area contributed by atoms with Crippen LogP contribution in [0.3, 0.4) is 0 Å². The van der Waals surface area contributed by atoms with Gasteiger partial charge < -0.3 is 15.2 Å². The van der Waals surface area contributed by atoms with Gasteiger partial charge in [-0.1, -0.05) is 24.6 Å². The predicted molar refractivity (Wildman–Crippen MR) is 94.2 cm³/mol. The van der Waals surface area contributed by atoms with Gasteiger partial charge >= 0.3 is 0 Å². The summed E-state index contributed by atoms with van der Waals surface area (Å²) >= 11 is 0. The van der Waals surface area contributed by atoms with Crippen molar-refractivity contribution in [3.63, 3.8) is 0 Å². The normalized spacial score (nSPS) is 22.3. The number of hydrogen-bond donors (Lipinski definition) is 2. The fourth-order valence-corrected chi connectivity index (χ4v) is 3.76. The molecule has 2 aromatic rings. The molecule has 1 saturated carbocycles. The summed E-state index contributed by atoms with van der Waals surface area (Å²) in [6, 6.07) is 10.2. The van der Waals surface area contributed by atoms with E-state index in [1.54, 1.807) is 7.11 Å². The maximum atomic E-state index is 10.5. The Morgan fingerprint density at radius 2 is 2.17 bits per heavy atom. The van der Waals surface area contributed by atoms with Gasteiger partial charge in [-0.25, -0.2) is 0 Å². The number of aryl methyl sites for hydroxylation is 1. The molecule has 5 heteroatoms. The molecule has 0 aliphatic heterocycles. The Hall–Kier alpha value is -1.85. The van der Waals surface area contributed by atoms with E-state index in [-0.39, 0.29) is 0 Å². The molecule has 2 N–H and O–H groups in total. The number of hydrogen-bond acceptors (Lipinski definition) is 4. The number of aliphatic hydroxyl groups excluding tert-OH is 1. The molecule has 0 amide bonds. The molecule has 0 saturated heterocycles. The number of nitrogens with one attached hydrogen (secondary N) is 1. The minimum Gasteiger partial charge on any atom is -0.496 e. The molecule has 24 heavy (non-hydrogen) atoms. The van der Waals surface area contributed by atoms with Gasteiger partial charge in [-0.05, 0) is 31.4 Å². The summed E-state index contributed by atoms with van der Waals surface area (Å²) in [5, 5.41) is 18.3. The molecule has 0 spiro atoms. The first-order valence-corrected chi connectivity index (χ1v) is 8.71. The Bertz CT molecular complexity index is 656. The van der Waals surface area contributed by atoms with Crippen molar-refractivity contribution in [1.82, 2.24) is 15.1 Å². The number of methoxy groups -OCH3 is 1. The predicted octanol–water partition coefficient (Wildman–Crippen LogP) is 2.78. The molecule has 1 aliphatic rings. The van der Waals surface area contributed by atoms with Gasteiger partial charge in [0.05, 0.1) is 13.2 Å². The maximum Gasteiger partial charge on any atom is 0.124 e. The highest BCUT2D eigenvalue weighted by atomic mass is 16.5. The summed E-state index contributed by atoms with van der Waals surface area (Å²) in [5.74, 6) is 1.29. The molecular weight excluding hydrogens is 302 g/mol. The van der Waals surface area contributed by atoms with Crippen molar-refractivity contribution in [3.05, 3.63) is 47.8 Å². The smallest absolute Gasteiger partial charge is 0.124 e. The third-order valence-corrected chi connectivity index (χ3v) is 5.05. The molecule has 3 unspecified atom stereocenters. The van der Waals surface area contributed by atoms with E-state index in [0.29, 0.717) is 18.5 Å². The standard InChI is InChI=1S/C19H27N3O2/c1-22-17(10-11-21-22)14-6-5-7-15(12-14)20-13-18(23)16-8-3-4-9-19(16)24-2/h3-4,8-11,14-15,18,20,23H,5-7,12-13H2,1-2H3. The van der Waals surface area contributed by atoms with Gasteiger partial charge in [0.15, 0.2) is 0 Å². The average Bonchev–Trinajstić information content (AvgIpc) is 3.06. The molecule has 3 atom stereocenters. The second-order valence-electron chi connectivity index (χ2n) is 6.61. The molecule has 1 aromatic carbocycles. The van der Waals surface area contributed by atoms with E-state index in [9.17, 15) is 5.11 Å². The number of ether oxygens (including phenoxy) is 1. The number of aromatic nitrogens is 2. The van der Waals surface area contributed by atoms with Crippen LogP contribution >= 0.6 is 0 Å². The lowest BCUT2D eigenvalue weighted by atomic mass is 9.83. The van der Waals surface area contributed by atoms with Gasteiger partial charge in [-0.3, -0.25) is 4.68 Å². The monoisotopic (exact) mass is 329 g/mol. The van der Waals surface area contributed by atoms with Crippen LogP contribution in [-0.2, 0) is 7.05 Å². The Balaban J connectivity index is 1.57. The molecule has 1 heterocycles. The molecule has 0 radical (unpaired) electrons.